The van der Waals surface area contributed by atoms with Gasteiger partial charge in [0.15, 0.2) is 0 Å². The topological polar surface area (TPSA) is 23.5 Å². The molecule has 21 heavy (non-hydrogen) atoms. The van der Waals surface area contributed by atoms with Gasteiger partial charge in [-0.1, -0.05) is 29.8 Å². The number of aliphatic hydroxyl groups excluding tert-OH is 1. The van der Waals surface area contributed by atoms with E-state index in [2.05, 4.69) is 11.9 Å². The van der Waals surface area contributed by atoms with Crippen LogP contribution in [0, 0.1) is 5.82 Å². The molecular weight excluding hydrogens is 289 g/mol. The zero-order valence-corrected chi connectivity index (χ0v) is 12.6. The van der Waals surface area contributed by atoms with Crippen LogP contribution in [0.15, 0.2) is 36.4 Å². The van der Waals surface area contributed by atoms with Gasteiger partial charge in [0.25, 0.3) is 0 Å². The lowest BCUT2D eigenvalue weighted by atomic mass is 9.98. The lowest BCUT2D eigenvalue weighted by Crippen LogP contribution is -2.12. The largest absolute Gasteiger partial charge is 0.388 e. The smallest absolute Gasteiger partial charge is 0.127 e. The van der Waals surface area contributed by atoms with E-state index < -0.39 is 6.10 Å². The first kappa shape index (κ1) is 14.4. The van der Waals surface area contributed by atoms with Gasteiger partial charge in [0, 0.05) is 36.3 Å². The summed E-state index contributed by atoms with van der Waals surface area (Å²) >= 11 is 6.02. The van der Waals surface area contributed by atoms with Crippen LogP contribution in [-0.2, 0) is 12.8 Å². The Labute approximate surface area is 128 Å². The molecule has 1 atom stereocenters. The summed E-state index contributed by atoms with van der Waals surface area (Å²) in [6, 6.07) is 10.5. The van der Waals surface area contributed by atoms with Crippen molar-refractivity contribution >= 4 is 17.3 Å². The Kier molecular flexibility index (Phi) is 3.87. The molecule has 0 aliphatic carbocycles. The molecular formula is C17H17ClFNO. The van der Waals surface area contributed by atoms with Crippen LogP contribution in [-0.4, -0.2) is 18.7 Å². The molecule has 0 saturated carbocycles. The summed E-state index contributed by atoms with van der Waals surface area (Å²) in [6.45, 7) is 0.994. The van der Waals surface area contributed by atoms with Gasteiger partial charge in [-0.25, -0.2) is 4.39 Å². The maximum atomic E-state index is 13.8. The number of hydrogen-bond acceptors (Lipinski definition) is 2. The Morgan fingerprint density at radius 3 is 2.90 bits per heavy atom. The number of rotatable bonds is 3. The Morgan fingerprint density at radius 1 is 1.33 bits per heavy atom. The Hall–Kier alpha value is -1.58. The zero-order valence-electron chi connectivity index (χ0n) is 11.8. The molecule has 2 nitrogen and oxygen atoms in total. The van der Waals surface area contributed by atoms with Crippen LogP contribution in [0.25, 0.3) is 0 Å². The number of likely N-dealkylation sites (N-methyl/N-ethyl adjacent to an activating group) is 1. The van der Waals surface area contributed by atoms with Crippen molar-refractivity contribution in [2.45, 2.75) is 18.9 Å². The predicted molar refractivity (Wildman–Crippen MR) is 83.5 cm³/mol. The van der Waals surface area contributed by atoms with Crippen molar-refractivity contribution in [3.8, 4) is 0 Å². The summed E-state index contributed by atoms with van der Waals surface area (Å²) in [4.78, 5) is 2.19. The molecule has 0 bridgehead atoms. The van der Waals surface area contributed by atoms with Crippen molar-refractivity contribution < 1.29 is 9.50 Å². The van der Waals surface area contributed by atoms with E-state index in [1.807, 2.05) is 18.2 Å². The number of halogens is 2. The van der Waals surface area contributed by atoms with E-state index >= 15 is 0 Å². The van der Waals surface area contributed by atoms with Gasteiger partial charge in [0.2, 0.25) is 0 Å². The maximum Gasteiger partial charge on any atom is 0.127 e. The normalized spacial score (nSPS) is 15.1. The molecule has 110 valence electrons. The van der Waals surface area contributed by atoms with E-state index in [-0.39, 0.29) is 12.2 Å². The van der Waals surface area contributed by atoms with Gasteiger partial charge in [0.05, 0.1) is 6.10 Å². The molecule has 1 aliphatic heterocycles. The molecule has 0 saturated heterocycles. The number of aliphatic hydroxyl groups is 1. The highest BCUT2D eigenvalue weighted by Gasteiger charge is 2.19. The molecule has 2 aromatic rings. The number of nitrogens with zero attached hydrogens (tertiary/aromatic N) is 1. The van der Waals surface area contributed by atoms with E-state index in [1.165, 1.54) is 17.3 Å². The lowest BCUT2D eigenvalue weighted by Gasteiger charge is -2.16. The van der Waals surface area contributed by atoms with Gasteiger partial charge >= 0.3 is 0 Å². The second-order valence-corrected chi connectivity index (χ2v) is 5.89. The van der Waals surface area contributed by atoms with Crippen molar-refractivity contribution in [2.24, 2.45) is 0 Å². The fraction of sp³-hybridized carbons (Fsp3) is 0.294. The summed E-state index contributed by atoms with van der Waals surface area (Å²) < 4.78 is 13.8. The molecule has 0 spiro atoms. The van der Waals surface area contributed by atoms with Gasteiger partial charge in [0.1, 0.15) is 5.82 Å². The van der Waals surface area contributed by atoms with Gasteiger partial charge in [-0.05, 0) is 35.7 Å². The Morgan fingerprint density at radius 2 is 2.14 bits per heavy atom. The molecule has 4 heteroatoms. The minimum atomic E-state index is -0.754. The van der Waals surface area contributed by atoms with Crippen molar-refractivity contribution in [1.29, 1.82) is 0 Å². The molecule has 0 aromatic heterocycles. The summed E-state index contributed by atoms with van der Waals surface area (Å²) in [5.41, 5.74) is 3.61. The van der Waals surface area contributed by atoms with E-state index in [0.29, 0.717) is 10.6 Å². The number of anilines is 1. The van der Waals surface area contributed by atoms with E-state index in [1.54, 1.807) is 12.1 Å². The molecule has 3 rings (SSSR count). The van der Waals surface area contributed by atoms with Gasteiger partial charge in [-0.3, -0.25) is 0 Å². The van der Waals surface area contributed by atoms with Crippen LogP contribution in [0.5, 0.6) is 0 Å². The third kappa shape index (κ3) is 2.76. The van der Waals surface area contributed by atoms with Crippen molar-refractivity contribution in [3.63, 3.8) is 0 Å². The number of fused-ring (bicyclic) bond motifs is 1. The standard InChI is InChI=1S/C17H17ClFNO/c1-20-8-7-11-9-12(5-6-16(11)20)17(21)10-13-14(18)3-2-4-15(13)19/h2-6,9,17,21H,7-8,10H2,1H3. The van der Waals surface area contributed by atoms with Crippen LogP contribution in [0.3, 0.4) is 0 Å². The average molecular weight is 306 g/mol. The number of benzene rings is 2. The average Bonchev–Trinajstić information content (AvgIpc) is 2.84. The minimum absolute atomic E-state index is 0.181. The second kappa shape index (κ2) is 5.66. The van der Waals surface area contributed by atoms with Crippen LogP contribution in [0.1, 0.15) is 22.8 Å². The van der Waals surface area contributed by atoms with E-state index in [9.17, 15) is 9.50 Å². The molecule has 0 fully saturated rings. The quantitative estimate of drug-likeness (QED) is 0.933. The maximum absolute atomic E-state index is 13.8. The molecule has 1 N–H and O–H groups in total. The highest BCUT2D eigenvalue weighted by atomic mass is 35.5. The van der Waals surface area contributed by atoms with Crippen LogP contribution < -0.4 is 4.90 Å². The second-order valence-electron chi connectivity index (χ2n) is 5.48. The highest BCUT2D eigenvalue weighted by Crippen LogP contribution is 2.31. The van der Waals surface area contributed by atoms with E-state index in [0.717, 1.165) is 18.5 Å². The highest BCUT2D eigenvalue weighted by molar-refractivity contribution is 6.31. The third-order valence-electron chi connectivity index (χ3n) is 4.08. The lowest BCUT2D eigenvalue weighted by molar-refractivity contribution is 0.177. The molecule has 0 radical (unpaired) electrons. The molecule has 1 aliphatic rings. The fourth-order valence-corrected chi connectivity index (χ4v) is 3.07. The van der Waals surface area contributed by atoms with Crippen molar-refractivity contribution in [2.75, 3.05) is 18.5 Å². The monoisotopic (exact) mass is 305 g/mol. The first-order chi connectivity index (χ1) is 10.1. The summed E-state index contributed by atoms with van der Waals surface area (Å²) in [5.74, 6) is -0.373. The summed E-state index contributed by atoms with van der Waals surface area (Å²) in [5, 5.41) is 10.7. The molecule has 0 amide bonds. The molecule has 1 heterocycles. The summed E-state index contributed by atoms with van der Waals surface area (Å²) in [6.07, 6.45) is 0.406. The molecule has 1 unspecified atom stereocenters. The van der Waals surface area contributed by atoms with Crippen LogP contribution in [0.2, 0.25) is 5.02 Å². The van der Waals surface area contributed by atoms with Gasteiger partial charge in [-0.15, -0.1) is 0 Å². The van der Waals surface area contributed by atoms with Crippen molar-refractivity contribution in [1.82, 2.24) is 0 Å². The molecule has 2 aromatic carbocycles. The van der Waals surface area contributed by atoms with Crippen molar-refractivity contribution in [3.05, 3.63) is 63.9 Å². The van der Waals surface area contributed by atoms with Crippen LogP contribution in [0.4, 0.5) is 10.1 Å². The first-order valence-electron chi connectivity index (χ1n) is 7.01. The number of hydrogen-bond donors (Lipinski definition) is 1. The fourth-order valence-electron chi connectivity index (χ4n) is 2.83. The summed E-state index contributed by atoms with van der Waals surface area (Å²) in [7, 11) is 2.06. The van der Waals surface area contributed by atoms with Crippen LogP contribution >= 0.6 is 11.6 Å². The predicted octanol–water partition coefficient (Wildman–Crippen LogP) is 3.75. The first-order valence-corrected chi connectivity index (χ1v) is 7.39. The van der Waals surface area contributed by atoms with Gasteiger partial charge in [-0.2, -0.15) is 0 Å². The minimum Gasteiger partial charge on any atom is -0.388 e. The van der Waals surface area contributed by atoms with Gasteiger partial charge < -0.3 is 10.0 Å². The third-order valence-corrected chi connectivity index (χ3v) is 4.43. The Bertz CT molecular complexity index is 654. The SMILES string of the molecule is CN1CCc2cc(C(O)Cc3c(F)cccc3Cl)ccc21. The zero-order chi connectivity index (χ0) is 15.0. The Balaban J connectivity index is 1.85. The van der Waals surface area contributed by atoms with E-state index in [4.69, 9.17) is 11.6 Å².